The molecule has 2 rings (SSSR count). The molecule has 1 atom stereocenters. The maximum atomic E-state index is 3.68. The van der Waals surface area contributed by atoms with Crippen LogP contribution in [0, 0.1) is 12.8 Å². The van der Waals surface area contributed by atoms with Crippen LogP contribution in [-0.4, -0.2) is 7.05 Å². The number of halogens is 1. The highest BCUT2D eigenvalue weighted by atomic mass is 79.9. The minimum Gasteiger partial charge on any atom is -0.312 e. The number of nitrogens with one attached hydrogen (secondary N) is 1. The van der Waals surface area contributed by atoms with Crippen molar-refractivity contribution in [3.05, 3.63) is 20.3 Å². The summed E-state index contributed by atoms with van der Waals surface area (Å²) >= 11 is 5.60. The quantitative estimate of drug-likeness (QED) is 0.876. The molecule has 0 saturated heterocycles. The molecule has 1 saturated carbocycles. The van der Waals surface area contributed by atoms with Crippen molar-refractivity contribution in [1.82, 2.24) is 5.32 Å². The summed E-state index contributed by atoms with van der Waals surface area (Å²) in [6.07, 6.45) is 5.58. The van der Waals surface area contributed by atoms with E-state index in [1.54, 1.807) is 0 Å². The topological polar surface area (TPSA) is 12.0 Å². The van der Waals surface area contributed by atoms with Gasteiger partial charge in [-0.05, 0) is 54.7 Å². The summed E-state index contributed by atoms with van der Waals surface area (Å²) in [6, 6.07) is 2.79. The van der Waals surface area contributed by atoms with E-state index < -0.39 is 0 Å². The van der Waals surface area contributed by atoms with Crippen LogP contribution in [0.15, 0.2) is 10.5 Å². The van der Waals surface area contributed by atoms with E-state index in [4.69, 9.17) is 0 Å². The van der Waals surface area contributed by atoms with E-state index in [2.05, 4.69) is 41.3 Å². The van der Waals surface area contributed by atoms with Crippen molar-refractivity contribution in [1.29, 1.82) is 0 Å². The molecular weight excluding hydrogens is 270 g/mol. The minimum atomic E-state index is 0.556. The monoisotopic (exact) mass is 287 g/mol. The molecule has 1 fully saturated rings. The SMILES string of the molecule is CNC(c1sc(C)cc1Br)C1CCCC1. The first-order valence-electron chi connectivity index (χ1n) is 5.65. The largest absolute Gasteiger partial charge is 0.312 e. The number of hydrogen-bond acceptors (Lipinski definition) is 2. The van der Waals surface area contributed by atoms with E-state index in [0.29, 0.717) is 6.04 Å². The number of rotatable bonds is 3. The minimum absolute atomic E-state index is 0.556. The lowest BCUT2D eigenvalue weighted by Gasteiger charge is -2.22. The van der Waals surface area contributed by atoms with Crippen LogP contribution in [0.4, 0.5) is 0 Å². The Labute approximate surface area is 104 Å². The Morgan fingerprint density at radius 2 is 2.13 bits per heavy atom. The lowest BCUT2D eigenvalue weighted by Crippen LogP contribution is -2.22. The lowest BCUT2D eigenvalue weighted by atomic mass is 9.97. The zero-order valence-corrected chi connectivity index (χ0v) is 11.7. The first-order chi connectivity index (χ1) is 7.22. The van der Waals surface area contributed by atoms with E-state index in [9.17, 15) is 0 Å². The summed E-state index contributed by atoms with van der Waals surface area (Å²) in [5.74, 6) is 0.837. The molecule has 15 heavy (non-hydrogen) atoms. The van der Waals surface area contributed by atoms with Crippen LogP contribution in [0.25, 0.3) is 0 Å². The summed E-state index contributed by atoms with van der Waals surface area (Å²) in [6.45, 7) is 2.18. The summed E-state index contributed by atoms with van der Waals surface area (Å²) in [4.78, 5) is 2.89. The van der Waals surface area contributed by atoms with Crippen LogP contribution in [0.1, 0.15) is 41.5 Å². The van der Waals surface area contributed by atoms with Gasteiger partial charge in [-0.25, -0.2) is 0 Å². The summed E-state index contributed by atoms with van der Waals surface area (Å²) < 4.78 is 1.29. The van der Waals surface area contributed by atoms with Gasteiger partial charge in [-0.15, -0.1) is 11.3 Å². The molecule has 84 valence electrons. The normalized spacial score (nSPS) is 19.7. The standard InChI is InChI=1S/C12H18BrNS/c1-8-7-10(13)12(15-8)11(14-2)9-5-3-4-6-9/h7,9,11,14H,3-6H2,1-2H3. The van der Waals surface area contributed by atoms with Crippen molar-refractivity contribution in [2.75, 3.05) is 7.05 Å². The number of thiophene rings is 1. The van der Waals surface area contributed by atoms with Gasteiger partial charge in [0.1, 0.15) is 0 Å². The van der Waals surface area contributed by atoms with Crippen LogP contribution in [0.2, 0.25) is 0 Å². The highest BCUT2D eigenvalue weighted by Gasteiger charge is 2.27. The average molecular weight is 288 g/mol. The zero-order chi connectivity index (χ0) is 10.8. The van der Waals surface area contributed by atoms with Gasteiger partial charge in [-0.3, -0.25) is 0 Å². The Hall–Kier alpha value is 0.140. The molecule has 1 aliphatic carbocycles. The molecule has 0 bridgehead atoms. The molecule has 1 unspecified atom stereocenters. The van der Waals surface area contributed by atoms with E-state index in [1.165, 1.54) is 39.9 Å². The van der Waals surface area contributed by atoms with Crippen molar-refractivity contribution in [3.8, 4) is 0 Å². The third-order valence-electron chi connectivity index (χ3n) is 3.30. The van der Waals surface area contributed by atoms with Crippen molar-refractivity contribution >= 4 is 27.3 Å². The van der Waals surface area contributed by atoms with Crippen molar-refractivity contribution in [2.45, 2.75) is 38.6 Å². The first kappa shape index (κ1) is 11.6. The van der Waals surface area contributed by atoms with Crippen LogP contribution >= 0.6 is 27.3 Å². The maximum absolute atomic E-state index is 3.68. The molecule has 1 heterocycles. The van der Waals surface area contributed by atoms with E-state index in [-0.39, 0.29) is 0 Å². The molecule has 0 amide bonds. The van der Waals surface area contributed by atoms with Crippen molar-refractivity contribution < 1.29 is 0 Å². The lowest BCUT2D eigenvalue weighted by molar-refractivity contribution is 0.394. The van der Waals surface area contributed by atoms with E-state index >= 15 is 0 Å². The molecule has 1 nitrogen and oxygen atoms in total. The van der Waals surface area contributed by atoms with Gasteiger partial charge < -0.3 is 5.32 Å². The van der Waals surface area contributed by atoms with E-state index in [0.717, 1.165) is 5.92 Å². The van der Waals surface area contributed by atoms with Crippen LogP contribution in [0.5, 0.6) is 0 Å². The Morgan fingerprint density at radius 1 is 1.47 bits per heavy atom. The number of aryl methyl sites for hydroxylation is 1. The van der Waals surface area contributed by atoms with Crippen LogP contribution < -0.4 is 5.32 Å². The third-order valence-corrected chi connectivity index (χ3v) is 5.35. The van der Waals surface area contributed by atoms with Gasteiger partial charge in [0.25, 0.3) is 0 Å². The Bertz CT molecular complexity index is 328. The van der Waals surface area contributed by atoms with Gasteiger partial charge in [0.2, 0.25) is 0 Å². The third kappa shape index (κ3) is 2.45. The summed E-state index contributed by atoms with van der Waals surface area (Å²) in [5, 5.41) is 3.49. The number of hydrogen-bond donors (Lipinski definition) is 1. The molecule has 0 aliphatic heterocycles. The summed E-state index contributed by atoms with van der Waals surface area (Å²) in [7, 11) is 2.09. The molecular formula is C12H18BrNS. The second-order valence-electron chi connectivity index (χ2n) is 4.38. The smallest absolute Gasteiger partial charge is 0.0452 e. The van der Waals surface area contributed by atoms with Gasteiger partial charge in [0.05, 0.1) is 0 Å². The van der Waals surface area contributed by atoms with Gasteiger partial charge in [-0.1, -0.05) is 12.8 Å². The summed E-state index contributed by atoms with van der Waals surface area (Å²) in [5.41, 5.74) is 0. The second kappa shape index (κ2) is 4.98. The fourth-order valence-electron chi connectivity index (χ4n) is 2.58. The van der Waals surface area contributed by atoms with Gasteiger partial charge in [-0.2, -0.15) is 0 Å². The van der Waals surface area contributed by atoms with Crippen LogP contribution in [0.3, 0.4) is 0 Å². The maximum Gasteiger partial charge on any atom is 0.0452 e. The van der Waals surface area contributed by atoms with Crippen LogP contribution in [-0.2, 0) is 0 Å². The molecule has 0 spiro atoms. The molecule has 0 aromatic carbocycles. The Kier molecular flexibility index (Phi) is 3.86. The average Bonchev–Trinajstić information content (AvgIpc) is 2.79. The predicted octanol–water partition coefficient (Wildman–Crippen LogP) is 4.27. The Balaban J connectivity index is 2.21. The van der Waals surface area contributed by atoms with Crippen molar-refractivity contribution in [3.63, 3.8) is 0 Å². The fourth-order valence-corrected chi connectivity index (χ4v) is 4.69. The highest BCUT2D eigenvalue weighted by Crippen LogP contribution is 2.41. The molecule has 1 N–H and O–H groups in total. The molecule has 1 aliphatic rings. The highest BCUT2D eigenvalue weighted by molar-refractivity contribution is 9.10. The Morgan fingerprint density at radius 3 is 2.60 bits per heavy atom. The molecule has 0 radical (unpaired) electrons. The molecule has 1 aromatic heterocycles. The predicted molar refractivity (Wildman–Crippen MR) is 70.5 cm³/mol. The van der Waals surface area contributed by atoms with Crippen molar-refractivity contribution in [2.24, 2.45) is 5.92 Å². The van der Waals surface area contributed by atoms with E-state index in [1.807, 2.05) is 11.3 Å². The van der Waals surface area contributed by atoms with Gasteiger partial charge in [0.15, 0.2) is 0 Å². The molecule has 1 aromatic rings. The molecule has 3 heteroatoms. The second-order valence-corrected chi connectivity index (χ2v) is 6.52. The zero-order valence-electron chi connectivity index (χ0n) is 9.35. The fraction of sp³-hybridized carbons (Fsp3) is 0.667. The first-order valence-corrected chi connectivity index (χ1v) is 7.26. The van der Waals surface area contributed by atoms with Gasteiger partial charge >= 0.3 is 0 Å². The van der Waals surface area contributed by atoms with Gasteiger partial charge in [0, 0.05) is 20.3 Å².